The Morgan fingerprint density at radius 2 is 2.00 bits per heavy atom. The zero-order chi connectivity index (χ0) is 18.2. The summed E-state index contributed by atoms with van der Waals surface area (Å²) in [6.45, 7) is 1.98. The standard InChI is InChI=1S/C16H18N6OS2/c1-10(6-7-17)25-12-5-3-2-4-11(12)20-15(23)9-24-16-21-13(18)8-14(19)22-16/h2-5,8,10H,6,9H2,1H3,(H,20,23)(H4,18,19,21,22)/t10-/m1/s1. The second-order valence-corrected chi connectivity index (χ2v) is 7.55. The zero-order valence-electron chi connectivity index (χ0n) is 13.6. The first-order valence-electron chi connectivity index (χ1n) is 7.43. The van der Waals surface area contributed by atoms with E-state index in [2.05, 4.69) is 21.4 Å². The fraction of sp³-hybridized carbons (Fsp3) is 0.250. The zero-order valence-corrected chi connectivity index (χ0v) is 15.2. The van der Waals surface area contributed by atoms with Gasteiger partial charge in [0.25, 0.3) is 0 Å². The van der Waals surface area contributed by atoms with E-state index in [1.807, 2.05) is 31.2 Å². The van der Waals surface area contributed by atoms with Gasteiger partial charge in [0.15, 0.2) is 5.16 Å². The first kappa shape index (κ1) is 18.9. The number of nitrogens with zero attached hydrogens (tertiary/aromatic N) is 3. The summed E-state index contributed by atoms with van der Waals surface area (Å²) in [6.07, 6.45) is 0.441. The van der Waals surface area contributed by atoms with Crippen molar-refractivity contribution in [2.24, 2.45) is 0 Å². The van der Waals surface area contributed by atoms with Crippen LogP contribution in [0.3, 0.4) is 0 Å². The average molecular weight is 374 g/mol. The molecule has 1 amide bonds. The summed E-state index contributed by atoms with van der Waals surface area (Å²) in [5.41, 5.74) is 11.9. The Kier molecular flexibility index (Phi) is 6.91. The summed E-state index contributed by atoms with van der Waals surface area (Å²) >= 11 is 2.71. The minimum absolute atomic E-state index is 0.135. The van der Waals surface area contributed by atoms with Crippen molar-refractivity contribution in [3.63, 3.8) is 0 Å². The molecule has 1 heterocycles. The monoisotopic (exact) mass is 374 g/mol. The van der Waals surface area contributed by atoms with Crippen LogP contribution >= 0.6 is 23.5 Å². The predicted octanol–water partition coefficient (Wildman–Crippen LogP) is 2.77. The van der Waals surface area contributed by atoms with E-state index in [9.17, 15) is 4.79 Å². The fourth-order valence-electron chi connectivity index (χ4n) is 1.90. The van der Waals surface area contributed by atoms with Crippen LogP contribution in [0.4, 0.5) is 17.3 Å². The highest BCUT2D eigenvalue weighted by Crippen LogP contribution is 2.31. The van der Waals surface area contributed by atoms with Crippen LogP contribution in [-0.2, 0) is 4.79 Å². The maximum Gasteiger partial charge on any atom is 0.234 e. The maximum atomic E-state index is 12.2. The maximum absolute atomic E-state index is 12.2. The summed E-state index contributed by atoms with van der Waals surface area (Å²) < 4.78 is 0. The van der Waals surface area contributed by atoms with E-state index in [1.54, 1.807) is 11.8 Å². The van der Waals surface area contributed by atoms with Gasteiger partial charge < -0.3 is 16.8 Å². The molecular weight excluding hydrogens is 356 g/mol. The van der Waals surface area contributed by atoms with E-state index < -0.39 is 0 Å². The number of carbonyl (C=O) groups excluding carboxylic acids is 1. The Bertz CT molecular complexity index is 772. The Labute approximate surface area is 154 Å². The van der Waals surface area contributed by atoms with Gasteiger partial charge in [0, 0.05) is 22.6 Å². The topological polar surface area (TPSA) is 131 Å². The smallest absolute Gasteiger partial charge is 0.234 e. The number of nitrogens with one attached hydrogen (secondary N) is 1. The first-order chi connectivity index (χ1) is 12.0. The van der Waals surface area contributed by atoms with Crippen molar-refractivity contribution in [2.45, 2.75) is 28.6 Å². The highest BCUT2D eigenvalue weighted by atomic mass is 32.2. The molecule has 7 nitrogen and oxygen atoms in total. The molecule has 2 rings (SSSR count). The van der Waals surface area contributed by atoms with Crippen LogP contribution in [0.1, 0.15) is 13.3 Å². The van der Waals surface area contributed by atoms with Crippen LogP contribution in [0, 0.1) is 11.3 Å². The molecule has 0 bridgehead atoms. The number of carbonyl (C=O) groups is 1. The third-order valence-electron chi connectivity index (χ3n) is 2.95. The van der Waals surface area contributed by atoms with Crippen molar-refractivity contribution in [2.75, 3.05) is 22.5 Å². The molecule has 1 atom stereocenters. The second kappa shape index (κ2) is 9.15. The molecule has 1 aromatic carbocycles. The van der Waals surface area contributed by atoms with Crippen LogP contribution in [0.5, 0.6) is 0 Å². The molecule has 5 N–H and O–H groups in total. The van der Waals surface area contributed by atoms with Gasteiger partial charge in [-0.15, -0.1) is 11.8 Å². The molecule has 0 unspecified atom stereocenters. The number of amides is 1. The van der Waals surface area contributed by atoms with Gasteiger partial charge in [-0.25, -0.2) is 9.97 Å². The van der Waals surface area contributed by atoms with Crippen molar-refractivity contribution in [1.29, 1.82) is 5.26 Å². The number of nitriles is 1. The number of anilines is 3. The number of para-hydroxylation sites is 1. The van der Waals surface area contributed by atoms with Crippen molar-refractivity contribution >= 4 is 46.8 Å². The van der Waals surface area contributed by atoms with E-state index in [4.69, 9.17) is 16.7 Å². The molecule has 0 aliphatic heterocycles. The lowest BCUT2D eigenvalue weighted by Gasteiger charge is -2.13. The Balaban J connectivity index is 1.97. The van der Waals surface area contributed by atoms with Crippen LogP contribution in [0.15, 0.2) is 40.4 Å². The molecule has 130 valence electrons. The summed E-state index contributed by atoms with van der Waals surface area (Å²) in [4.78, 5) is 21.2. The van der Waals surface area contributed by atoms with Crippen LogP contribution in [0.2, 0.25) is 0 Å². The van der Waals surface area contributed by atoms with Crippen molar-refractivity contribution < 1.29 is 4.79 Å². The summed E-state index contributed by atoms with van der Waals surface area (Å²) in [5, 5.41) is 12.2. The lowest BCUT2D eigenvalue weighted by atomic mass is 10.3. The molecular formula is C16H18N6OS2. The van der Waals surface area contributed by atoms with E-state index >= 15 is 0 Å². The van der Waals surface area contributed by atoms with Gasteiger partial charge in [-0.05, 0) is 12.1 Å². The van der Waals surface area contributed by atoms with E-state index in [0.29, 0.717) is 11.6 Å². The highest BCUT2D eigenvalue weighted by molar-refractivity contribution is 8.00. The van der Waals surface area contributed by atoms with Gasteiger partial charge in [-0.3, -0.25) is 4.79 Å². The van der Waals surface area contributed by atoms with E-state index in [0.717, 1.165) is 22.3 Å². The van der Waals surface area contributed by atoms with Crippen LogP contribution < -0.4 is 16.8 Å². The van der Waals surface area contributed by atoms with Gasteiger partial charge in [0.2, 0.25) is 5.91 Å². The lowest BCUT2D eigenvalue weighted by Crippen LogP contribution is -2.15. The Morgan fingerprint density at radius 3 is 2.68 bits per heavy atom. The van der Waals surface area contributed by atoms with Gasteiger partial charge >= 0.3 is 0 Å². The minimum Gasteiger partial charge on any atom is -0.383 e. The van der Waals surface area contributed by atoms with Crippen molar-refractivity contribution in [3.05, 3.63) is 30.3 Å². The third-order valence-corrected chi connectivity index (χ3v) is 4.97. The normalized spacial score (nSPS) is 11.5. The molecule has 0 saturated heterocycles. The second-order valence-electron chi connectivity index (χ2n) is 5.12. The largest absolute Gasteiger partial charge is 0.383 e. The number of rotatable bonds is 7. The van der Waals surface area contributed by atoms with Crippen LogP contribution in [0.25, 0.3) is 0 Å². The molecule has 0 radical (unpaired) electrons. The van der Waals surface area contributed by atoms with E-state index in [-0.39, 0.29) is 28.5 Å². The molecule has 1 aromatic heterocycles. The van der Waals surface area contributed by atoms with Gasteiger partial charge in [-0.1, -0.05) is 30.8 Å². The summed E-state index contributed by atoms with van der Waals surface area (Å²) in [5.74, 6) is 0.484. The number of nitrogen functional groups attached to an aromatic ring is 2. The van der Waals surface area contributed by atoms with E-state index in [1.165, 1.54) is 6.07 Å². The first-order valence-corrected chi connectivity index (χ1v) is 9.29. The molecule has 25 heavy (non-hydrogen) atoms. The Morgan fingerprint density at radius 1 is 1.32 bits per heavy atom. The summed E-state index contributed by atoms with van der Waals surface area (Å²) in [7, 11) is 0. The number of hydrogen-bond acceptors (Lipinski definition) is 8. The molecule has 0 fully saturated rings. The number of benzene rings is 1. The number of nitrogens with two attached hydrogens (primary N) is 2. The highest BCUT2D eigenvalue weighted by Gasteiger charge is 2.12. The molecule has 0 aliphatic carbocycles. The SMILES string of the molecule is C[C@H](CC#N)Sc1ccccc1NC(=O)CSc1nc(N)cc(N)n1. The quantitative estimate of drug-likeness (QED) is 0.498. The average Bonchev–Trinajstić information content (AvgIpc) is 2.54. The fourth-order valence-corrected chi connectivity index (χ4v) is 3.57. The van der Waals surface area contributed by atoms with Gasteiger partial charge in [0.1, 0.15) is 11.6 Å². The number of aromatic nitrogens is 2. The minimum atomic E-state index is -0.185. The molecule has 0 spiro atoms. The van der Waals surface area contributed by atoms with Crippen LogP contribution in [-0.4, -0.2) is 26.9 Å². The molecule has 0 saturated carbocycles. The van der Waals surface area contributed by atoms with Gasteiger partial charge in [0.05, 0.1) is 17.5 Å². The predicted molar refractivity (Wildman–Crippen MR) is 102 cm³/mol. The Hall–Kier alpha value is -2.44. The molecule has 0 aliphatic rings. The molecule has 2 aromatic rings. The van der Waals surface area contributed by atoms with Crippen molar-refractivity contribution in [3.8, 4) is 6.07 Å². The number of hydrogen-bond donors (Lipinski definition) is 3. The third kappa shape index (κ3) is 6.17. The number of thioether (sulfide) groups is 2. The van der Waals surface area contributed by atoms with Crippen molar-refractivity contribution in [1.82, 2.24) is 9.97 Å². The lowest BCUT2D eigenvalue weighted by molar-refractivity contribution is -0.113. The van der Waals surface area contributed by atoms with Gasteiger partial charge in [-0.2, -0.15) is 5.26 Å². The summed E-state index contributed by atoms with van der Waals surface area (Å²) in [6, 6.07) is 11.1. The molecule has 9 heteroatoms.